The number of aromatic hydroxyl groups is 2. The molecule has 0 amide bonds. The zero-order valence-electron chi connectivity index (χ0n) is 21.6. The summed E-state index contributed by atoms with van der Waals surface area (Å²) in [6, 6.07) is 19.1. The number of benzene rings is 3. The lowest BCUT2D eigenvalue weighted by atomic mass is 10.1. The maximum atomic E-state index is 10.9. The summed E-state index contributed by atoms with van der Waals surface area (Å²) < 4.78 is 5.43. The van der Waals surface area contributed by atoms with E-state index in [1.807, 2.05) is 60.7 Å². The van der Waals surface area contributed by atoms with Crippen LogP contribution in [0, 0.1) is 0 Å². The Balaban J connectivity index is 1.31. The zero-order chi connectivity index (χ0) is 26.2. The number of hydrogen-bond acceptors (Lipinski definition) is 8. The van der Waals surface area contributed by atoms with Gasteiger partial charge in [0.05, 0.1) is 24.6 Å². The van der Waals surface area contributed by atoms with E-state index in [0.29, 0.717) is 35.6 Å². The van der Waals surface area contributed by atoms with E-state index in [2.05, 4.69) is 25.1 Å². The van der Waals surface area contributed by atoms with Gasteiger partial charge in [-0.15, -0.1) is 0 Å². The number of nitrogens with zero attached hydrogens (tertiary/aromatic N) is 4. The minimum atomic E-state index is 0.245. The highest BCUT2D eigenvalue weighted by atomic mass is 16.5. The van der Waals surface area contributed by atoms with E-state index < -0.39 is 0 Å². The SMILES string of the molecule is Oc1c(C=Nc2ccccc2N=Cc2cccc(CN3CCOCC3)c2O)cccc1CN1CCNCC1. The summed E-state index contributed by atoms with van der Waals surface area (Å²) in [6.07, 6.45) is 3.36. The minimum absolute atomic E-state index is 0.245. The molecule has 2 fully saturated rings. The third-order valence-electron chi connectivity index (χ3n) is 6.97. The van der Waals surface area contributed by atoms with E-state index in [1.54, 1.807) is 12.4 Å². The fraction of sp³-hybridized carbons (Fsp3) is 0.333. The van der Waals surface area contributed by atoms with Gasteiger partial charge in [-0.3, -0.25) is 19.8 Å². The second-order valence-electron chi connectivity index (χ2n) is 9.63. The maximum Gasteiger partial charge on any atom is 0.128 e. The molecule has 2 saturated heterocycles. The number of nitrogens with one attached hydrogen (secondary N) is 1. The van der Waals surface area contributed by atoms with Crippen LogP contribution in [0.4, 0.5) is 11.4 Å². The molecule has 2 heterocycles. The van der Waals surface area contributed by atoms with Gasteiger partial charge >= 0.3 is 0 Å². The molecule has 5 rings (SSSR count). The topological polar surface area (TPSA) is 92.9 Å². The summed E-state index contributed by atoms with van der Waals surface area (Å²) >= 11 is 0. The lowest BCUT2D eigenvalue weighted by Gasteiger charge is -2.27. The van der Waals surface area contributed by atoms with Crippen LogP contribution in [0.25, 0.3) is 0 Å². The van der Waals surface area contributed by atoms with Gasteiger partial charge in [-0.05, 0) is 24.3 Å². The van der Waals surface area contributed by atoms with Crippen LogP contribution >= 0.6 is 0 Å². The van der Waals surface area contributed by atoms with Crippen molar-refractivity contribution in [3.63, 3.8) is 0 Å². The molecule has 0 unspecified atom stereocenters. The van der Waals surface area contributed by atoms with E-state index in [1.165, 1.54) is 0 Å². The van der Waals surface area contributed by atoms with Crippen LogP contribution in [0.1, 0.15) is 22.3 Å². The first kappa shape index (κ1) is 26.1. The van der Waals surface area contributed by atoms with Crippen molar-refractivity contribution in [3.05, 3.63) is 82.9 Å². The Hall–Kier alpha value is -3.56. The molecule has 0 aliphatic carbocycles. The monoisotopic (exact) mass is 513 g/mol. The summed E-state index contributed by atoms with van der Waals surface area (Å²) in [7, 11) is 0. The first-order valence-electron chi connectivity index (χ1n) is 13.2. The molecular formula is C30H35N5O3. The van der Waals surface area contributed by atoms with Gasteiger partial charge in [0.25, 0.3) is 0 Å². The van der Waals surface area contributed by atoms with Gasteiger partial charge in [0.2, 0.25) is 0 Å². The standard InChI is InChI=1S/C30H35N5O3/c36-29-23(5-3-7-25(29)21-34-13-11-31-12-14-34)19-32-27-9-1-2-10-28(27)33-20-24-6-4-8-26(30(24)37)22-35-15-17-38-18-16-35/h1-10,19-20,31,36-37H,11-18,21-22H2. The average molecular weight is 514 g/mol. The smallest absolute Gasteiger partial charge is 0.128 e. The Bertz CT molecular complexity index is 1180. The van der Waals surface area contributed by atoms with Gasteiger partial charge in [0, 0.05) is 87.0 Å². The van der Waals surface area contributed by atoms with Crippen LogP contribution in [0.5, 0.6) is 11.5 Å². The molecule has 3 aromatic carbocycles. The van der Waals surface area contributed by atoms with Crippen molar-refractivity contribution >= 4 is 23.8 Å². The molecule has 0 atom stereocenters. The highest BCUT2D eigenvalue weighted by Gasteiger charge is 2.15. The molecular weight excluding hydrogens is 478 g/mol. The van der Waals surface area contributed by atoms with Crippen LogP contribution in [-0.2, 0) is 17.8 Å². The Kier molecular flexibility index (Phi) is 8.78. The Morgan fingerprint density at radius 2 is 1.18 bits per heavy atom. The van der Waals surface area contributed by atoms with E-state index in [0.717, 1.165) is 63.6 Å². The number of rotatable bonds is 8. The highest BCUT2D eigenvalue weighted by molar-refractivity contribution is 5.89. The highest BCUT2D eigenvalue weighted by Crippen LogP contribution is 2.30. The van der Waals surface area contributed by atoms with Crippen LogP contribution in [0.3, 0.4) is 0 Å². The number of para-hydroxylation sites is 4. The first-order chi connectivity index (χ1) is 18.7. The van der Waals surface area contributed by atoms with Gasteiger partial charge in [-0.1, -0.05) is 36.4 Å². The average Bonchev–Trinajstić information content (AvgIpc) is 2.95. The number of piperazine rings is 1. The number of morpholine rings is 1. The lowest BCUT2D eigenvalue weighted by molar-refractivity contribution is 0.0339. The minimum Gasteiger partial charge on any atom is -0.507 e. The van der Waals surface area contributed by atoms with Crippen molar-refractivity contribution in [2.24, 2.45) is 9.98 Å². The van der Waals surface area contributed by atoms with Gasteiger partial charge in [0.1, 0.15) is 11.5 Å². The number of aliphatic imine (C=N–C) groups is 2. The van der Waals surface area contributed by atoms with Crippen molar-refractivity contribution in [2.75, 3.05) is 52.5 Å². The van der Waals surface area contributed by atoms with Crippen molar-refractivity contribution in [1.82, 2.24) is 15.1 Å². The first-order valence-corrected chi connectivity index (χ1v) is 13.2. The normalized spacial score (nSPS) is 17.5. The van der Waals surface area contributed by atoms with E-state index in [4.69, 9.17) is 4.74 Å². The Labute approximate surface area is 223 Å². The summed E-state index contributed by atoms with van der Waals surface area (Å²) in [5, 5.41) is 25.1. The summed E-state index contributed by atoms with van der Waals surface area (Å²) in [5.74, 6) is 0.507. The largest absolute Gasteiger partial charge is 0.507 e. The van der Waals surface area contributed by atoms with E-state index in [-0.39, 0.29) is 11.5 Å². The molecule has 0 spiro atoms. The predicted molar refractivity (Wildman–Crippen MR) is 151 cm³/mol. The van der Waals surface area contributed by atoms with Crippen LogP contribution in [0.15, 0.2) is 70.6 Å². The van der Waals surface area contributed by atoms with E-state index >= 15 is 0 Å². The molecule has 0 radical (unpaired) electrons. The lowest BCUT2D eigenvalue weighted by Crippen LogP contribution is -2.42. The molecule has 198 valence electrons. The zero-order valence-corrected chi connectivity index (χ0v) is 21.6. The number of hydrogen-bond donors (Lipinski definition) is 3. The van der Waals surface area contributed by atoms with Crippen LogP contribution in [-0.4, -0.2) is 84.9 Å². The molecule has 3 aromatic rings. The third kappa shape index (κ3) is 6.65. The third-order valence-corrected chi connectivity index (χ3v) is 6.97. The van der Waals surface area contributed by atoms with Crippen molar-refractivity contribution < 1.29 is 14.9 Å². The molecule has 8 heteroatoms. The number of phenols is 2. The molecule has 8 nitrogen and oxygen atoms in total. The van der Waals surface area contributed by atoms with Gasteiger partial charge in [-0.2, -0.15) is 0 Å². The van der Waals surface area contributed by atoms with Gasteiger partial charge in [-0.25, -0.2) is 0 Å². The second kappa shape index (κ2) is 12.8. The van der Waals surface area contributed by atoms with E-state index in [9.17, 15) is 10.2 Å². The maximum absolute atomic E-state index is 10.9. The summed E-state index contributed by atoms with van der Waals surface area (Å²) in [5.41, 5.74) is 4.46. The molecule has 0 bridgehead atoms. The van der Waals surface area contributed by atoms with Gasteiger partial charge < -0.3 is 20.3 Å². The predicted octanol–water partition coefficient (Wildman–Crippen LogP) is 3.84. The molecule has 2 aliphatic rings. The van der Waals surface area contributed by atoms with Crippen molar-refractivity contribution in [2.45, 2.75) is 13.1 Å². The molecule has 0 saturated carbocycles. The Morgan fingerprint density at radius 3 is 1.71 bits per heavy atom. The fourth-order valence-electron chi connectivity index (χ4n) is 4.76. The molecule has 2 aliphatic heterocycles. The second-order valence-corrected chi connectivity index (χ2v) is 9.63. The van der Waals surface area contributed by atoms with Crippen molar-refractivity contribution in [3.8, 4) is 11.5 Å². The fourth-order valence-corrected chi connectivity index (χ4v) is 4.76. The molecule has 38 heavy (non-hydrogen) atoms. The summed E-state index contributed by atoms with van der Waals surface area (Å²) in [6.45, 7) is 8.41. The number of phenolic OH excluding ortho intramolecular Hbond substituents is 2. The van der Waals surface area contributed by atoms with Gasteiger partial charge in [0.15, 0.2) is 0 Å². The number of ether oxygens (including phenoxy) is 1. The van der Waals surface area contributed by atoms with Crippen molar-refractivity contribution in [1.29, 1.82) is 0 Å². The Morgan fingerprint density at radius 1 is 0.684 bits per heavy atom. The molecule has 0 aromatic heterocycles. The molecule has 3 N–H and O–H groups in total. The summed E-state index contributed by atoms with van der Waals surface area (Å²) in [4.78, 5) is 13.9. The van der Waals surface area contributed by atoms with Crippen LogP contribution in [0.2, 0.25) is 0 Å². The van der Waals surface area contributed by atoms with Crippen LogP contribution < -0.4 is 5.32 Å². The quantitative estimate of drug-likeness (QED) is 0.397.